The summed E-state index contributed by atoms with van der Waals surface area (Å²) in [4.78, 5) is 0. The van der Waals surface area contributed by atoms with Gasteiger partial charge in [0.25, 0.3) is 0 Å². The molecule has 0 heterocycles. The van der Waals surface area contributed by atoms with Gasteiger partial charge in [0.1, 0.15) is 0 Å². The summed E-state index contributed by atoms with van der Waals surface area (Å²) >= 11 is 5.88. The zero-order valence-electron chi connectivity index (χ0n) is 8.33. The molecule has 0 bridgehead atoms. The van der Waals surface area contributed by atoms with Crippen molar-refractivity contribution in [3.8, 4) is 0 Å². The maximum Gasteiger partial charge on any atom is 0.0443 e. The lowest BCUT2D eigenvalue weighted by Crippen LogP contribution is -2.20. The molecule has 0 amide bonds. The first kappa shape index (κ1) is 11.5. The number of rotatable bonds is 5. The van der Waals surface area contributed by atoms with E-state index in [1.807, 2.05) is 24.3 Å². The van der Waals surface area contributed by atoms with Crippen LogP contribution >= 0.6 is 11.6 Å². The molecule has 78 valence electrons. The molecule has 1 atom stereocenters. The molecule has 3 heteroatoms. The zero-order chi connectivity index (χ0) is 10.4. The van der Waals surface area contributed by atoms with Gasteiger partial charge in [0.05, 0.1) is 0 Å². The van der Waals surface area contributed by atoms with Crippen molar-refractivity contribution in [3.05, 3.63) is 34.9 Å². The third kappa shape index (κ3) is 3.66. The smallest absolute Gasteiger partial charge is 0.0443 e. The minimum Gasteiger partial charge on any atom is -0.396 e. The Balaban J connectivity index is 2.47. The molecule has 0 saturated carbocycles. The van der Waals surface area contributed by atoms with Gasteiger partial charge in [0, 0.05) is 17.7 Å². The van der Waals surface area contributed by atoms with E-state index in [4.69, 9.17) is 16.7 Å². The zero-order valence-corrected chi connectivity index (χ0v) is 9.09. The van der Waals surface area contributed by atoms with Gasteiger partial charge in [0.2, 0.25) is 0 Å². The maximum atomic E-state index is 8.63. The highest BCUT2D eigenvalue weighted by Crippen LogP contribution is 2.16. The molecule has 0 aromatic heterocycles. The number of benzene rings is 1. The van der Waals surface area contributed by atoms with Crippen LogP contribution in [0.1, 0.15) is 24.9 Å². The van der Waals surface area contributed by atoms with Gasteiger partial charge in [-0.05, 0) is 37.6 Å². The predicted octanol–water partition coefficient (Wildman–Crippen LogP) is 2.37. The molecule has 2 N–H and O–H groups in total. The van der Waals surface area contributed by atoms with Crippen LogP contribution in [-0.4, -0.2) is 18.3 Å². The highest BCUT2D eigenvalue weighted by atomic mass is 35.5. The van der Waals surface area contributed by atoms with Crippen LogP contribution < -0.4 is 5.32 Å². The van der Waals surface area contributed by atoms with Gasteiger partial charge in [-0.25, -0.2) is 0 Å². The minimum absolute atomic E-state index is 0.231. The van der Waals surface area contributed by atoms with Crippen molar-refractivity contribution in [2.24, 2.45) is 0 Å². The van der Waals surface area contributed by atoms with E-state index in [-0.39, 0.29) is 12.6 Å². The van der Waals surface area contributed by atoms with Crippen molar-refractivity contribution in [1.29, 1.82) is 0 Å². The molecular weight excluding hydrogens is 198 g/mol. The monoisotopic (exact) mass is 213 g/mol. The Morgan fingerprint density at radius 3 is 2.93 bits per heavy atom. The van der Waals surface area contributed by atoms with Gasteiger partial charge in [-0.2, -0.15) is 0 Å². The van der Waals surface area contributed by atoms with Crippen LogP contribution in [-0.2, 0) is 0 Å². The first-order chi connectivity index (χ1) is 6.74. The molecule has 0 aliphatic heterocycles. The Bertz CT molecular complexity index is 278. The highest BCUT2D eigenvalue weighted by Gasteiger charge is 2.03. The summed E-state index contributed by atoms with van der Waals surface area (Å²) in [7, 11) is 0. The summed E-state index contributed by atoms with van der Waals surface area (Å²) in [5.41, 5.74) is 1.18. The molecular formula is C11H16ClNO. The molecule has 0 fully saturated rings. The molecule has 0 unspecified atom stereocenters. The van der Waals surface area contributed by atoms with E-state index < -0.39 is 0 Å². The SMILES string of the molecule is C[C@@H](NCCCO)c1cccc(Cl)c1. The molecule has 0 radical (unpaired) electrons. The van der Waals surface area contributed by atoms with E-state index in [1.54, 1.807) is 0 Å². The molecule has 14 heavy (non-hydrogen) atoms. The third-order valence-electron chi connectivity index (χ3n) is 2.13. The van der Waals surface area contributed by atoms with Gasteiger partial charge in [-0.3, -0.25) is 0 Å². The Hall–Kier alpha value is -0.570. The van der Waals surface area contributed by atoms with E-state index in [1.165, 1.54) is 5.56 Å². The van der Waals surface area contributed by atoms with E-state index >= 15 is 0 Å². The van der Waals surface area contributed by atoms with Crippen LogP contribution in [0.3, 0.4) is 0 Å². The van der Waals surface area contributed by atoms with Gasteiger partial charge >= 0.3 is 0 Å². The number of nitrogens with one attached hydrogen (secondary N) is 1. The van der Waals surface area contributed by atoms with Gasteiger partial charge in [-0.15, -0.1) is 0 Å². The number of halogens is 1. The van der Waals surface area contributed by atoms with Crippen LogP contribution in [0.5, 0.6) is 0 Å². The maximum absolute atomic E-state index is 8.63. The average molecular weight is 214 g/mol. The Morgan fingerprint density at radius 2 is 2.29 bits per heavy atom. The fourth-order valence-corrected chi connectivity index (χ4v) is 1.49. The van der Waals surface area contributed by atoms with Crippen molar-refractivity contribution in [3.63, 3.8) is 0 Å². The largest absolute Gasteiger partial charge is 0.396 e. The second-order valence-corrected chi connectivity index (χ2v) is 3.74. The lowest BCUT2D eigenvalue weighted by Gasteiger charge is -2.13. The first-order valence-corrected chi connectivity index (χ1v) is 5.21. The van der Waals surface area contributed by atoms with E-state index in [2.05, 4.69) is 12.2 Å². The lowest BCUT2D eigenvalue weighted by molar-refractivity contribution is 0.284. The molecule has 0 aliphatic carbocycles. The molecule has 0 spiro atoms. The summed E-state index contributed by atoms with van der Waals surface area (Å²) in [5, 5.41) is 12.7. The summed E-state index contributed by atoms with van der Waals surface area (Å²) in [6, 6.07) is 8.09. The summed E-state index contributed by atoms with van der Waals surface area (Å²) in [6.07, 6.45) is 0.783. The fraction of sp³-hybridized carbons (Fsp3) is 0.455. The number of aliphatic hydroxyl groups is 1. The standard InChI is InChI=1S/C11H16ClNO/c1-9(13-6-3-7-14)10-4-2-5-11(12)8-10/h2,4-5,8-9,13-14H,3,6-7H2,1H3/t9-/m1/s1. The molecule has 1 aromatic rings. The second-order valence-electron chi connectivity index (χ2n) is 3.31. The van der Waals surface area contributed by atoms with Crippen LogP contribution in [0.15, 0.2) is 24.3 Å². The van der Waals surface area contributed by atoms with Crippen molar-refractivity contribution in [1.82, 2.24) is 5.32 Å². The minimum atomic E-state index is 0.231. The average Bonchev–Trinajstić information content (AvgIpc) is 2.18. The lowest BCUT2D eigenvalue weighted by atomic mass is 10.1. The molecule has 1 rings (SSSR count). The van der Waals surface area contributed by atoms with Gasteiger partial charge in [-0.1, -0.05) is 23.7 Å². The molecule has 0 saturated heterocycles. The third-order valence-corrected chi connectivity index (χ3v) is 2.37. The quantitative estimate of drug-likeness (QED) is 0.737. The van der Waals surface area contributed by atoms with Crippen molar-refractivity contribution in [2.75, 3.05) is 13.2 Å². The fourth-order valence-electron chi connectivity index (χ4n) is 1.29. The summed E-state index contributed by atoms with van der Waals surface area (Å²) < 4.78 is 0. The van der Waals surface area contributed by atoms with Crippen LogP contribution in [0.4, 0.5) is 0 Å². The first-order valence-electron chi connectivity index (χ1n) is 4.83. The summed E-state index contributed by atoms with van der Waals surface area (Å²) in [5.74, 6) is 0. The Morgan fingerprint density at radius 1 is 1.50 bits per heavy atom. The van der Waals surface area contributed by atoms with Crippen molar-refractivity contribution < 1.29 is 5.11 Å². The number of aliphatic hydroxyl groups excluding tert-OH is 1. The highest BCUT2D eigenvalue weighted by molar-refractivity contribution is 6.30. The molecule has 0 aliphatic rings. The predicted molar refractivity (Wildman–Crippen MR) is 59.6 cm³/mol. The van der Waals surface area contributed by atoms with E-state index in [0.717, 1.165) is 18.0 Å². The molecule has 1 aromatic carbocycles. The van der Waals surface area contributed by atoms with Crippen LogP contribution in [0, 0.1) is 0 Å². The van der Waals surface area contributed by atoms with Crippen LogP contribution in [0.2, 0.25) is 5.02 Å². The normalized spacial score (nSPS) is 12.8. The van der Waals surface area contributed by atoms with Crippen molar-refractivity contribution >= 4 is 11.6 Å². The number of hydrogen-bond acceptors (Lipinski definition) is 2. The summed E-state index contributed by atoms with van der Waals surface area (Å²) in [6.45, 7) is 3.14. The van der Waals surface area contributed by atoms with Gasteiger partial charge < -0.3 is 10.4 Å². The van der Waals surface area contributed by atoms with Gasteiger partial charge in [0.15, 0.2) is 0 Å². The second kappa shape index (κ2) is 6.02. The van der Waals surface area contributed by atoms with Crippen LogP contribution in [0.25, 0.3) is 0 Å². The van der Waals surface area contributed by atoms with Crippen molar-refractivity contribution in [2.45, 2.75) is 19.4 Å². The van der Waals surface area contributed by atoms with E-state index in [9.17, 15) is 0 Å². The van der Waals surface area contributed by atoms with E-state index in [0.29, 0.717) is 0 Å². The Labute approximate surface area is 89.9 Å². The Kier molecular flexibility index (Phi) is 4.94. The number of hydrogen-bond donors (Lipinski definition) is 2. The topological polar surface area (TPSA) is 32.3 Å². The molecule has 2 nitrogen and oxygen atoms in total.